The minimum absolute atomic E-state index is 0.0000600. The van der Waals surface area contributed by atoms with Gasteiger partial charge in [-0.25, -0.2) is 16.8 Å². The molecule has 238 valence electrons. The van der Waals surface area contributed by atoms with Crippen molar-refractivity contribution >= 4 is 40.3 Å². The van der Waals surface area contributed by atoms with Crippen LogP contribution in [0.1, 0.15) is 36.8 Å². The van der Waals surface area contributed by atoms with Gasteiger partial charge in [-0.05, 0) is 63.8 Å². The average Bonchev–Trinajstić information content (AvgIpc) is 2.87. The number of aryl methyl sites for hydroxylation is 2. The first-order valence-corrected chi connectivity index (χ1v) is 19.8. The van der Waals surface area contributed by atoms with Gasteiger partial charge in [-0.1, -0.05) is 35.4 Å². The first kappa shape index (κ1) is 36.3. The SMILES string of the molecule is Cc1ccc(S(=O)(=O)N(CCCCN(CCCOS(C)(=O)=O)S(=O)(=O)c2ccc(C)cc2)CCCOS(C)(=O)=O)cc1. The number of benzene rings is 2. The summed E-state index contributed by atoms with van der Waals surface area (Å²) in [6.07, 6.45) is 2.70. The molecule has 0 aromatic heterocycles. The summed E-state index contributed by atoms with van der Waals surface area (Å²) in [4.78, 5) is 0.179. The second kappa shape index (κ2) is 15.7. The van der Waals surface area contributed by atoms with Crippen LogP contribution in [-0.2, 0) is 48.6 Å². The Labute approximate surface area is 251 Å². The molecule has 2 aromatic rings. The molecule has 0 fully saturated rings. The van der Waals surface area contributed by atoms with Crippen LogP contribution in [0.5, 0.6) is 0 Å². The van der Waals surface area contributed by atoms with Gasteiger partial charge in [-0.2, -0.15) is 25.4 Å². The third-order valence-corrected chi connectivity index (χ3v) is 11.1. The summed E-state index contributed by atoms with van der Waals surface area (Å²) in [5.74, 6) is 0. The first-order valence-electron chi connectivity index (χ1n) is 13.2. The Morgan fingerprint density at radius 2 is 0.786 bits per heavy atom. The van der Waals surface area contributed by atoms with Gasteiger partial charge in [0.25, 0.3) is 20.2 Å². The predicted octanol–water partition coefficient (Wildman–Crippen LogP) is 2.50. The fraction of sp³-hybridized carbons (Fsp3) is 0.538. The molecule has 0 saturated carbocycles. The van der Waals surface area contributed by atoms with Gasteiger partial charge in [0.1, 0.15) is 0 Å². The Balaban J connectivity index is 2.15. The van der Waals surface area contributed by atoms with E-state index in [1.807, 2.05) is 13.8 Å². The van der Waals surface area contributed by atoms with E-state index in [0.717, 1.165) is 23.6 Å². The van der Waals surface area contributed by atoms with E-state index in [9.17, 15) is 33.7 Å². The maximum atomic E-state index is 13.4. The van der Waals surface area contributed by atoms with Crippen LogP contribution in [-0.4, -0.2) is 94.2 Å². The van der Waals surface area contributed by atoms with Gasteiger partial charge >= 0.3 is 0 Å². The Morgan fingerprint density at radius 3 is 1.07 bits per heavy atom. The third-order valence-electron chi connectivity index (χ3n) is 6.08. The number of rotatable bonds is 19. The van der Waals surface area contributed by atoms with Gasteiger partial charge < -0.3 is 0 Å². The van der Waals surface area contributed by atoms with Gasteiger partial charge in [-0.3, -0.25) is 8.37 Å². The zero-order chi connectivity index (χ0) is 31.6. The van der Waals surface area contributed by atoms with E-state index in [-0.39, 0.29) is 62.0 Å². The molecular formula is C26H40N2O10S4. The normalized spacial score (nSPS) is 13.2. The van der Waals surface area contributed by atoms with E-state index in [2.05, 4.69) is 0 Å². The third kappa shape index (κ3) is 12.4. The number of nitrogens with zero attached hydrogens (tertiary/aromatic N) is 2. The zero-order valence-corrected chi connectivity index (χ0v) is 27.6. The highest BCUT2D eigenvalue weighted by Crippen LogP contribution is 2.20. The highest BCUT2D eigenvalue weighted by Gasteiger charge is 2.26. The van der Waals surface area contributed by atoms with Crippen LogP contribution < -0.4 is 0 Å². The van der Waals surface area contributed by atoms with Gasteiger partial charge in [-0.15, -0.1) is 0 Å². The fourth-order valence-corrected chi connectivity index (χ4v) is 7.78. The molecular weight excluding hydrogens is 629 g/mol. The maximum Gasteiger partial charge on any atom is 0.264 e. The summed E-state index contributed by atoms with van der Waals surface area (Å²) in [7, 11) is -15.2. The summed E-state index contributed by atoms with van der Waals surface area (Å²) in [6, 6.07) is 12.7. The van der Waals surface area contributed by atoms with Crippen LogP contribution >= 0.6 is 0 Å². The smallest absolute Gasteiger partial charge is 0.264 e. The summed E-state index contributed by atoms with van der Waals surface area (Å²) in [6.45, 7) is 3.42. The lowest BCUT2D eigenvalue weighted by Gasteiger charge is -2.24. The number of sulfonamides is 2. The van der Waals surface area contributed by atoms with Crippen molar-refractivity contribution < 1.29 is 42.0 Å². The lowest BCUT2D eigenvalue weighted by atomic mass is 10.2. The van der Waals surface area contributed by atoms with E-state index >= 15 is 0 Å². The largest absolute Gasteiger partial charge is 0.270 e. The van der Waals surface area contributed by atoms with E-state index in [1.165, 1.54) is 32.9 Å². The van der Waals surface area contributed by atoms with Gasteiger partial charge in [0.2, 0.25) is 20.0 Å². The molecule has 0 aliphatic heterocycles. The molecule has 16 heteroatoms. The van der Waals surface area contributed by atoms with E-state index in [1.54, 1.807) is 24.3 Å². The van der Waals surface area contributed by atoms with Crippen molar-refractivity contribution in [3.05, 3.63) is 59.7 Å². The molecule has 0 bridgehead atoms. The van der Waals surface area contributed by atoms with Crippen molar-refractivity contribution in [2.75, 3.05) is 51.9 Å². The molecule has 12 nitrogen and oxygen atoms in total. The van der Waals surface area contributed by atoms with Crippen LogP contribution in [0.4, 0.5) is 0 Å². The van der Waals surface area contributed by atoms with Crippen LogP contribution in [0.25, 0.3) is 0 Å². The van der Waals surface area contributed by atoms with E-state index in [4.69, 9.17) is 8.37 Å². The van der Waals surface area contributed by atoms with Crippen molar-refractivity contribution in [2.24, 2.45) is 0 Å². The van der Waals surface area contributed by atoms with Crippen LogP contribution in [0.3, 0.4) is 0 Å². The van der Waals surface area contributed by atoms with E-state index < -0.39 is 40.3 Å². The molecule has 0 spiro atoms. The Bertz CT molecular complexity index is 1450. The quantitative estimate of drug-likeness (QED) is 0.161. The minimum Gasteiger partial charge on any atom is -0.270 e. The van der Waals surface area contributed by atoms with E-state index in [0.29, 0.717) is 12.8 Å². The van der Waals surface area contributed by atoms with Crippen molar-refractivity contribution in [1.82, 2.24) is 8.61 Å². The molecule has 0 aliphatic rings. The molecule has 0 amide bonds. The molecule has 42 heavy (non-hydrogen) atoms. The predicted molar refractivity (Wildman–Crippen MR) is 160 cm³/mol. The standard InChI is InChI=1S/C26H40N2O10S4/c1-23-9-13-25(14-10-23)41(33,34)27(19-7-21-37-39(3,29)30)17-5-6-18-28(20-8-22-38-40(4,31)32)42(35,36)26-15-11-24(2)12-16-26/h9-16H,5-8,17-22H2,1-4H3. The highest BCUT2D eigenvalue weighted by atomic mass is 32.2. The van der Waals surface area contributed by atoms with Gasteiger partial charge in [0.15, 0.2) is 0 Å². The van der Waals surface area contributed by atoms with Gasteiger partial charge in [0.05, 0.1) is 35.5 Å². The second-order valence-electron chi connectivity index (χ2n) is 9.90. The number of unbranched alkanes of at least 4 members (excludes halogenated alkanes) is 1. The molecule has 0 N–H and O–H groups in total. The molecule has 0 heterocycles. The average molecular weight is 669 g/mol. The first-order chi connectivity index (χ1) is 19.4. The molecule has 0 atom stereocenters. The lowest BCUT2D eigenvalue weighted by Crippen LogP contribution is -2.36. The molecule has 0 saturated heterocycles. The van der Waals surface area contributed by atoms with Crippen LogP contribution in [0.2, 0.25) is 0 Å². The second-order valence-corrected chi connectivity index (χ2v) is 17.1. The molecule has 2 rings (SSSR count). The van der Waals surface area contributed by atoms with Crippen molar-refractivity contribution in [3.8, 4) is 0 Å². The minimum atomic E-state index is -3.92. The van der Waals surface area contributed by atoms with Crippen LogP contribution in [0, 0.1) is 13.8 Å². The fourth-order valence-electron chi connectivity index (χ4n) is 3.90. The summed E-state index contributed by atoms with van der Waals surface area (Å²) in [5, 5.41) is 0. The molecule has 2 aromatic carbocycles. The Morgan fingerprint density at radius 1 is 0.500 bits per heavy atom. The number of hydrogen-bond acceptors (Lipinski definition) is 10. The lowest BCUT2D eigenvalue weighted by molar-refractivity contribution is 0.284. The van der Waals surface area contributed by atoms with Crippen LogP contribution in [0.15, 0.2) is 58.3 Å². The summed E-state index contributed by atoms with van der Waals surface area (Å²) >= 11 is 0. The summed E-state index contributed by atoms with van der Waals surface area (Å²) < 4.78 is 111. The highest BCUT2D eigenvalue weighted by molar-refractivity contribution is 7.89. The topological polar surface area (TPSA) is 162 Å². The Hall–Kier alpha value is -1.92. The number of hydrogen-bond donors (Lipinski definition) is 0. The van der Waals surface area contributed by atoms with Gasteiger partial charge in [0, 0.05) is 26.2 Å². The molecule has 0 aliphatic carbocycles. The maximum absolute atomic E-state index is 13.4. The van der Waals surface area contributed by atoms with Crippen molar-refractivity contribution in [1.29, 1.82) is 0 Å². The molecule has 0 radical (unpaired) electrons. The van der Waals surface area contributed by atoms with Crippen molar-refractivity contribution in [2.45, 2.75) is 49.3 Å². The van der Waals surface area contributed by atoms with Crippen molar-refractivity contribution in [3.63, 3.8) is 0 Å². The monoisotopic (exact) mass is 668 g/mol. The molecule has 0 unspecified atom stereocenters. The summed E-state index contributed by atoms with van der Waals surface area (Å²) in [5.41, 5.74) is 1.78. The zero-order valence-electron chi connectivity index (χ0n) is 24.3. The Kier molecular flexibility index (Phi) is 13.6.